The normalized spacial score (nSPS) is 15.2. The molecule has 7 nitrogen and oxygen atoms in total. The van der Waals surface area contributed by atoms with Crippen molar-refractivity contribution in [2.24, 2.45) is 4.99 Å². The number of thioether (sulfide) groups is 1. The Hall–Kier alpha value is -2.61. The predicted molar refractivity (Wildman–Crippen MR) is 90.7 cm³/mol. The summed E-state index contributed by atoms with van der Waals surface area (Å²) in [5.41, 5.74) is 0.685. The van der Waals surface area contributed by atoms with Crippen molar-refractivity contribution in [1.29, 1.82) is 0 Å². The Kier molecular flexibility index (Phi) is 5.75. The molecular weight excluding hydrogens is 332 g/mol. The lowest BCUT2D eigenvalue weighted by molar-refractivity contribution is -0.132. The van der Waals surface area contributed by atoms with Crippen LogP contribution < -0.4 is 14.8 Å². The van der Waals surface area contributed by atoms with Crippen LogP contribution in [0.4, 0.5) is 0 Å². The molecule has 0 atom stereocenters. The molecule has 1 aliphatic heterocycles. The maximum absolute atomic E-state index is 11.9. The lowest BCUT2D eigenvalue weighted by Crippen LogP contribution is -2.23. The average Bonchev–Trinajstić information content (AvgIpc) is 2.80. The van der Waals surface area contributed by atoms with E-state index >= 15 is 0 Å². The maximum Gasteiger partial charge on any atom is 0.308 e. The van der Waals surface area contributed by atoms with Crippen LogP contribution in [0, 0.1) is 0 Å². The number of aliphatic imine (C=N–C) groups is 1. The van der Waals surface area contributed by atoms with E-state index < -0.39 is 11.9 Å². The zero-order valence-electron chi connectivity index (χ0n) is 13.4. The highest BCUT2D eigenvalue weighted by Gasteiger charge is 2.22. The second-order valence-corrected chi connectivity index (χ2v) is 5.78. The highest BCUT2D eigenvalue weighted by molar-refractivity contribution is 8.18. The second-order valence-electron chi connectivity index (χ2n) is 4.75. The van der Waals surface area contributed by atoms with E-state index in [0.717, 1.165) is 11.8 Å². The number of benzene rings is 1. The maximum atomic E-state index is 11.9. The van der Waals surface area contributed by atoms with Gasteiger partial charge in [-0.2, -0.15) is 4.99 Å². The number of amidine groups is 1. The first-order valence-electron chi connectivity index (χ1n) is 7.14. The molecule has 1 aromatic rings. The standard InChI is InChI=1S/C16H16N2O5S/c1-4-22-13-7-11(5-6-12(13)23-10(3)20)8-14-15(21)18-16(24-14)17-9(2)19/h5-8H,4H2,1-3H3,(H,17,18,19,21)/b14-8-. The van der Waals surface area contributed by atoms with Gasteiger partial charge in [-0.05, 0) is 42.5 Å². The third-order valence-corrected chi connectivity index (χ3v) is 3.62. The third kappa shape index (κ3) is 4.69. The van der Waals surface area contributed by atoms with Gasteiger partial charge in [0.05, 0.1) is 11.5 Å². The molecular formula is C16H16N2O5S. The van der Waals surface area contributed by atoms with Crippen LogP contribution in [0.3, 0.4) is 0 Å². The van der Waals surface area contributed by atoms with Gasteiger partial charge in [-0.1, -0.05) is 6.07 Å². The third-order valence-electron chi connectivity index (χ3n) is 2.72. The van der Waals surface area contributed by atoms with Crippen molar-refractivity contribution in [3.63, 3.8) is 0 Å². The average molecular weight is 348 g/mol. The molecule has 0 aliphatic carbocycles. The van der Waals surface area contributed by atoms with E-state index in [0.29, 0.717) is 28.6 Å². The summed E-state index contributed by atoms with van der Waals surface area (Å²) in [5.74, 6) is -0.449. The van der Waals surface area contributed by atoms with Gasteiger partial charge in [0.15, 0.2) is 16.7 Å². The van der Waals surface area contributed by atoms with Crippen LogP contribution in [-0.4, -0.2) is 29.6 Å². The molecule has 1 heterocycles. The summed E-state index contributed by atoms with van der Waals surface area (Å²) in [4.78, 5) is 38.1. The molecule has 126 valence electrons. The fourth-order valence-electron chi connectivity index (χ4n) is 1.89. The summed E-state index contributed by atoms with van der Waals surface area (Å²) in [6.07, 6.45) is 1.63. The van der Waals surface area contributed by atoms with Crippen molar-refractivity contribution >= 4 is 40.8 Å². The molecule has 24 heavy (non-hydrogen) atoms. The Bertz CT molecular complexity index is 755. The van der Waals surface area contributed by atoms with Crippen molar-refractivity contribution in [2.45, 2.75) is 20.8 Å². The van der Waals surface area contributed by atoms with Crippen molar-refractivity contribution in [2.75, 3.05) is 6.61 Å². The van der Waals surface area contributed by atoms with Gasteiger partial charge in [-0.15, -0.1) is 0 Å². The van der Waals surface area contributed by atoms with E-state index in [9.17, 15) is 14.4 Å². The number of amides is 2. The first kappa shape index (κ1) is 17.7. The van der Waals surface area contributed by atoms with Gasteiger partial charge < -0.3 is 14.8 Å². The van der Waals surface area contributed by atoms with Gasteiger partial charge >= 0.3 is 5.97 Å². The summed E-state index contributed by atoms with van der Waals surface area (Å²) in [6.45, 7) is 4.86. The van der Waals surface area contributed by atoms with Gasteiger partial charge in [-0.25, -0.2) is 0 Å². The van der Waals surface area contributed by atoms with Gasteiger partial charge in [-0.3, -0.25) is 14.4 Å². The molecule has 0 fully saturated rings. The fourth-order valence-corrected chi connectivity index (χ4v) is 2.75. The molecule has 1 aliphatic rings. The molecule has 2 rings (SSSR count). The molecule has 1 N–H and O–H groups in total. The fraction of sp³-hybridized carbons (Fsp3) is 0.250. The molecule has 2 amide bonds. The number of carbonyl (C=O) groups is 3. The number of carbonyl (C=O) groups excluding carboxylic acids is 3. The van der Waals surface area contributed by atoms with Crippen LogP contribution >= 0.6 is 11.8 Å². The topological polar surface area (TPSA) is 94.1 Å². The number of nitrogens with one attached hydrogen (secondary N) is 1. The number of esters is 1. The Balaban J connectivity index is 2.23. The van der Waals surface area contributed by atoms with Gasteiger partial charge in [0.25, 0.3) is 5.91 Å². The van der Waals surface area contributed by atoms with Crippen LogP contribution in [-0.2, 0) is 14.4 Å². The van der Waals surface area contributed by atoms with Gasteiger partial charge in [0.1, 0.15) is 0 Å². The number of hydrogen-bond donors (Lipinski definition) is 1. The van der Waals surface area contributed by atoms with Crippen LogP contribution in [0.25, 0.3) is 6.08 Å². The summed E-state index contributed by atoms with van der Waals surface area (Å²) in [5, 5.41) is 2.73. The molecule has 0 radical (unpaired) electrons. The van der Waals surface area contributed by atoms with Crippen LogP contribution in [0.15, 0.2) is 28.1 Å². The zero-order chi connectivity index (χ0) is 17.7. The monoisotopic (exact) mass is 348 g/mol. The largest absolute Gasteiger partial charge is 0.490 e. The Morgan fingerprint density at radius 2 is 2.04 bits per heavy atom. The van der Waals surface area contributed by atoms with Gasteiger partial charge in [0, 0.05) is 13.8 Å². The number of ether oxygens (including phenoxy) is 2. The number of nitrogens with zero attached hydrogens (tertiary/aromatic N) is 1. The summed E-state index contributed by atoms with van der Waals surface area (Å²) in [6, 6.07) is 4.95. The molecule has 0 aromatic heterocycles. The quantitative estimate of drug-likeness (QED) is 0.509. The molecule has 0 saturated heterocycles. The summed E-state index contributed by atoms with van der Waals surface area (Å²) >= 11 is 1.08. The van der Waals surface area contributed by atoms with Crippen LogP contribution in [0.2, 0.25) is 0 Å². The summed E-state index contributed by atoms with van der Waals surface area (Å²) < 4.78 is 10.5. The predicted octanol–water partition coefficient (Wildman–Crippen LogP) is 2.12. The van der Waals surface area contributed by atoms with E-state index in [-0.39, 0.29) is 11.1 Å². The first-order valence-corrected chi connectivity index (χ1v) is 7.96. The minimum absolute atomic E-state index is 0.250. The van der Waals surface area contributed by atoms with Gasteiger partial charge in [0.2, 0.25) is 5.91 Å². The van der Waals surface area contributed by atoms with Crippen LogP contribution in [0.1, 0.15) is 26.3 Å². The smallest absolute Gasteiger partial charge is 0.308 e. The molecule has 0 unspecified atom stereocenters. The first-order chi connectivity index (χ1) is 11.4. The molecule has 0 bridgehead atoms. The molecule has 0 spiro atoms. The number of rotatable bonds is 4. The lowest BCUT2D eigenvalue weighted by atomic mass is 10.2. The second kappa shape index (κ2) is 7.78. The van der Waals surface area contributed by atoms with E-state index in [1.807, 2.05) is 6.92 Å². The molecule has 8 heteroatoms. The van der Waals surface area contributed by atoms with Crippen molar-refractivity contribution in [1.82, 2.24) is 5.32 Å². The molecule has 0 saturated carbocycles. The van der Waals surface area contributed by atoms with E-state index in [2.05, 4.69) is 10.3 Å². The van der Waals surface area contributed by atoms with E-state index in [4.69, 9.17) is 9.47 Å². The lowest BCUT2D eigenvalue weighted by Gasteiger charge is -2.10. The van der Waals surface area contributed by atoms with Crippen molar-refractivity contribution in [3.05, 3.63) is 28.7 Å². The number of hydrogen-bond acceptors (Lipinski definition) is 6. The Morgan fingerprint density at radius 3 is 2.67 bits per heavy atom. The van der Waals surface area contributed by atoms with Crippen molar-refractivity contribution in [3.8, 4) is 11.5 Å². The SMILES string of the molecule is CCOc1cc(/C=C2\SC(NC(C)=O)=NC2=O)ccc1OC(C)=O. The highest BCUT2D eigenvalue weighted by Crippen LogP contribution is 2.32. The van der Waals surface area contributed by atoms with Crippen LogP contribution in [0.5, 0.6) is 11.5 Å². The molecule has 1 aromatic carbocycles. The van der Waals surface area contributed by atoms with E-state index in [1.54, 1.807) is 24.3 Å². The minimum atomic E-state index is -0.447. The Labute approximate surface area is 143 Å². The zero-order valence-corrected chi connectivity index (χ0v) is 14.2. The van der Waals surface area contributed by atoms with Crippen molar-refractivity contribution < 1.29 is 23.9 Å². The summed E-state index contributed by atoms with van der Waals surface area (Å²) in [7, 11) is 0. The van der Waals surface area contributed by atoms with E-state index in [1.165, 1.54) is 13.8 Å². The minimum Gasteiger partial charge on any atom is -0.490 e. The highest BCUT2D eigenvalue weighted by atomic mass is 32.2. The Morgan fingerprint density at radius 1 is 1.29 bits per heavy atom.